The van der Waals surface area contributed by atoms with Gasteiger partial charge in [0.1, 0.15) is 5.66 Å². The fourth-order valence-electron chi connectivity index (χ4n) is 3.52. The van der Waals surface area contributed by atoms with Crippen LogP contribution in [0.3, 0.4) is 0 Å². The largest absolute Gasteiger partial charge is 0.398 e. The van der Waals surface area contributed by atoms with E-state index in [9.17, 15) is 0 Å². The summed E-state index contributed by atoms with van der Waals surface area (Å²) in [6, 6.07) is 19.5. The number of nitrogens with two attached hydrogens (primary N) is 4. The van der Waals surface area contributed by atoms with Gasteiger partial charge < -0.3 is 22.9 Å². The average Bonchev–Trinajstić information content (AvgIpc) is 2.57. The Kier molecular flexibility index (Phi) is 3.21. The van der Waals surface area contributed by atoms with E-state index in [0.29, 0.717) is 5.69 Å². The topological polar surface area (TPSA) is 104 Å². The second-order valence-electron chi connectivity index (χ2n) is 6.34. The van der Waals surface area contributed by atoms with E-state index in [1.54, 1.807) is 0 Å². The van der Waals surface area contributed by atoms with Gasteiger partial charge >= 0.3 is 0 Å². The maximum Gasteiger partial charge on any atom is 0.110 e. The summed E-state index contributed by atoms with van der Waals surface area (Å²) in [5, 5.41) is 4.12. The zero-order valence-corrected chi connectivity index (χ0v) is 13.2. The van der Waals surface area contributed by atoms with E-state index < -0.39 is 11.7 Å². The Labute approximate surface area is 140 Å². The van der Waals surface area contributed by atoms with Gasteiger partial charge in [-0.1, -0.05) is 60.7 Å². The Morgan fingerprint density at radius 2 is 1.54 bits per heavy atom. The van der Waals surface area contributed by atoms with Crippen LogP contribution in [0.2, 0.25) is 0 Å². The fraction of sp³-hybridized carbons (Fsp3) is 0.100. The molecule has 0 amide bonds. The SMILES string of the molecule is Nc1ccc2ccccc2c1C1=c2ccccc2=C[C@H](N)C1(N)N. The van der Waals surface area contributed by atoms with Crippen molar-refractivity contribution in [3.8, 4) is 0 Å². The number of fused-ring (bicyclic) bond motifs is 2. The Morgan fingerprint density at radius 3 is 2.38 bits per heavy atom. The summed E-state index contributed by atoms with van der Waals surface area (Å²) >= 11 is 0. The van der Waals surface area contributed by atoms with Crippen LogP contribution in [0.25, 0.3) is 22.4 Å². The summed E-state index contributed by atoms with van der Waals surface area (Å²) in [4.78, 5) is 0. The fourth-order valence-corrected chi connectivity index (χ4v) is 3.52. The van der Waals surface area contributed by atoms with E-state index in [2.05, 4.69) is 0 Å². The van der Waals surface area contributed by atoms with E-state index in [4.69, 9.17) is 22.9 Å². The number of hydrogen-bond donors (Lipinski definition) is 4. The number of benzene rings is 3. The van der Waals surface area contributed by atoms with Crippen LogP contribution < -0.4 is 33.4 Å². The first kappa shape index (κ1) is 14.9. The number of hydrogen-bond acceptors (Lipinski definition) is 4. The zero-order chi connectivity index (χ0) is 16.9. The van der Waals surface area contributed by atoms with Crippen molar-refractivity contribution in [2.75, 3.05) is 5.73 Å². The van der Waals surface area contributed by atoms with E-state index in [0.717, 1.165) is 32.3 Å². The van der Waals surface area contributed by atoms with Crippen LogP contribution in [-0.4, -0.2) is 11.7 Å². The molecule has 8 N–H and O–H groups in total. The minimum Gasteiger partial charge on any atom is -0.398 e. The van der Waals surface area contributed by atoms with Gasteiger partial charge in [-0.2, -0.15) is 0 Å². The van der Waals surface area contributed by atoms with Crippen molar-refractivity contribution in [2.24, 2.45) is 17.2 Å². The van der Waals surface area contributed by atoms with Crippen LogP contribution >= 0.6 is 0 Å². The summed E-state index contributed by atoms with van der Waals surface area (Å²) in [7, 11) is 0. The highest BCUT2D eigenvalue weighted by Gasteiger charge is 2.36. The molecule has 0 unspecified atom stereocenters. The third-order valence-corrected chi connectivity index (χ3v) is 4.79. The number of anilines is 1. The van der Waals surface area contributed by atoms with Crippen molar-refractivity contribution in [3.05, 3.63) is 76.7 Å². The van der Waals surface area contributed by atoms with E-state index in [-0.39, 0.29) is 0 Å². The Hall–Kier alpha value is -2.66. The molecule has 0 fully saturated rings. The summed E-state index contributed by atoms with van der Waals surface area (Å²) in [6.07, 6.45) is 1.92. The quantitative estimate of drug-likeness (QED) is 0.384. The van der Waals surface area contributed by atoms with E-state index in [1.165, 1.54) is 0 Å². The zero-order valence-electron chi connectivity index (χ0n) is 13.2. The molecule has 3 aromatic rings. The lowest BCUT2D eigenvalue weighted by Gasteiger charge is -2.36. The first-order valence-electron chi connectivity index (χ1n) is 7.93. The van der Waals surface area contributed by atoms with Crippen LogP contribution in [0.1, 0.15) is 5.56 Å². The van der Waals surface area contributed by atoms with Crippen LogP contribution in [-0.2, 0) is 0 Å². The molecule has 0 spiro atoms. The van der Waals surface area contributed by atoms with Crippen LogP contribution in [0.4, 0.5) is 5.69 Å². The third kappa shape index (κ3) is 2.05. The van der Waals surface area contributed by atoms with Gasteiger partial charge in [0.05, 0.1) is 6.04 Å². The monoisotopic (exact) mass is 316 g/mol. The van der Waals surface area contributed by atoms with Gasteiger partial charge in [-0.05, 0) is 27.3 Å². The average molecular weight is 316 g/mol. The molecule has 1 atom stereocenters. The Balaban J connectivity index is 2.24. The molecule has 4 heteroatoms. The molecule has 4 nitrogen and oxygen atoms in total. The highest BCUT2D eigenvalue weighted by atomic mass is 15.0. The lowest BCUT2D eigenvalue weighted by molar-refractivity contribution is 0.520. The predicted octanol–water partition coefficient (Wildman–Crippen LogP) is 0.356. The molecule has 4 rings (SSSR count). The minimum atomic E-state index is -1.20. The number of nitrogen functional groups attached to an aromatic ring is 1. The van der Waals surface area contributed by atoms with Gasteiger partial charge in [-0.3, -0.25) is 0 Å². The lowest BCUT2D eigenvalue weighted by atomic mass is 9.80. The lowest BCUT2D eigenvalue weighted by Crippen LogP contribution is -2.66. The Bertz CT molecular complexity index is 1070. The van der Waals surface area contributed by atoms with E-state index >= 15 is 0 Å². The van der Waals surface area contributed by atoms with Crippen molar-refractivity contribution >= 4 is 28.1 Å². The minimum absolute atomic E-state index is 0.499. The standard InChI is InChI=1S/C20H20N4/c21-16-10-9-12-5-1-3-7-14(12)18(16)19-15-8-4-2-6-13(15)11-17(22)20(19,23)24/h1-11,17H,21-24H2/t17-/m0/s1. The van der Waals surface area contributed by atoms with Crippen molar-refractivity contribution in [1.82, 2.24) is 0 Å². The summed E-state index contributed by atoms with van der Waals surface area (Å²) < 4.78 is 0. The molecule has 0 bridgehead atoms. The maximum absolute atomic E-state index is 6.50. The van der Waals surface area contributed by atoms with Gasteiger partial charge in [0.15, 0.2) is 0 Å². The summed E-state index contributed by atoms with van der Waals surface area (Å²) in [5.74, 6) is 0. The molecular formula is C20H20N4. The van der Waals surface area contributed by atoms with Crippen molar-refractivity contribution < 1.29 is 0 Å². The van der Waals surface area contributed by atoms with Crippen LogP contribution in [0.15, 0.2) is 60.7 Å². The van der Waals surface area contributed by atoms with Crippen molar-refractivity contribution in [3.63, 3.8) is 0 Å². The molecule has 0 saturated heterocycles. The molecular weight excluding hydrogens is 296 g/mol. The first-order valence-corrected chi connectivity index (χ1v) is 7.93. The Morgan fingerprint density at radius 1 is 0.833 bits per heavy atom. The first-order chi connectivity index (χ1) is 11.5. The molecule has 1 aliphatic carbocycles. The summed E-state index contributed by atoms with van der Waals surface area (Å²) in [5.41, 5.74) is 26.8. The highest BCUT2D eigenvalue weighted by molar-refractivity contribution is 6.00. The van der Waals surface area contributed by atoms with Crippen LogP contribution in [0.5, 0.6) is 0 Å². The third-order valence-electron chi connectivity index (χ3n) is 4.79. The van der Waals surface area contributed by atoms with E-state index in [1.807, 2.05) is 66.7 Å². The normalized spacial score (nSPS) is 19.0. The van der Waals surface area contributed by atoms with Gasteiger partial charge in [-0.15, -0.1) is 0 Å². The van der Waals surface area contributed by atoms with Crippen molar-refractivity contribution in [1.29, 1.82) is 0 Å². The van der Waals surface area contributed by atoms with Gasteiger partial charge in [-0.25, -0.2) is 0 Å². The molecule has 0 aliphatic heterocycles. The van der Waals surface area contributed by atoms with Crippen LogP contribution in [0, 0.1) is 0 Å². The smallest absolute Gasteiger partial charge is 0.110 e. The second kappa shape index (κ2) is 5.18. The molecule has 120 valence electrons. The molecule has 0 radical (unpaired) electrons. The second-order valence-corrected chi connectivity index (χ2v) is 6.34. The molecule has 0 heterocycles. The predicted molar refractivity (Wildman–Crippen MR) is 100 cm³/mol. The van der Waals surface area contributed by atoms with Gasteiger partial charge in [0.2, 0.25) is 0 Å². The highest BCUT2D eigenvalue weighted by Crippen LogP contribution is 2.33. The molecule has 0 saturated carbocycles. The number of rotatable bonds is 1. The molecule has 24 heavy (non-hydrogen) atoms. The maximum atomic E-state index is 6.50. The molecule has 0 aromatic heterocycles. The molecule has 1 aliphatic rings. The van der Waals surface area contributed by atoms with Gasteiger partial charge in [0.25, 0.3) is 0 Å². The van der Waals surface area contributed by atoms with Crippen molar-refractivity contribution in [2.45, 2.75) is 11.7 Å². The van der Waals surface area contributed by atoms with Gasteiger partial charge in [0, 0.05) is 16.8 Å². The summed E-state index contributed by atoms with van der Waals surface area (Å²) in [6.45, 7) is 0. The molecule has 3 aromatic carbocycles.